The molecule has 2 amide bonds. The molecule has 31 heavy (non-hydrogen) atoms. The Hall–Kier alpha value is -3.31. The van der Waals surface area contributed by atoms with Gasteiger partial charge in [0.15, 0.2) is 0 Å². The topological polar surface area (TPSA) is 46.6 Å². The molecule has 0 aromatic heterocycles. The highest BCUT2D eigenvalue weighted by Crippen LogP contribution is 2.42. The maximum atomic E-state index is 13.6. The minimum atomic E-state index is -0.327. The summed E-state index contributed by atoms with van der Waals surface area (Å²) in [7, 11) is 0. The first-order valence-electron chi connectivity index (χ1n) is 10.2. The maximum absolute atomic E-state index is 13.6. The minimum absolute atomic E-state index is 0.0811. The van der Waals surface area contributed by atoms with Gasteiger partial charge in [-0.15, -0.1) is 11.8 Å². The summed E-state index contributed by atoms with van der Waals surface area (Å²) in [6, 6.07) is 26.5. The Bertz CT molecular complexity index is 1120. The summed E-state index contributed by atoms with van der Waals surface area (Å²) in [6.07, 6.45) is -0.0811. The van der Waals surface area contributed by atoms with Crippen LogP contribution in [0.3, 0.4) is 0 Å². The third-order valence-corrected chi connectivity index (χ3v) is 5.94. The third-order valence-electron chi connectivity index (χ3n) is 4.80. The van der Waals surface area contributed by atoms with Gasteiger partial charge in [0.1, 0.15) is 5.75 Å². The van der Waals surface area contributed by atoms with E-state index in [0.29, 0.717) is 27.7 Å². The van der Waals surface area contributed by atoms with Crippen LogP contribution in [0.2, 0.25) is 0 Å². The number of thioether (sulfide) groups is 1. The van der Waals surface area contributed by atoms with Crippen molar-refractivity contribution < 1.29 is 14.3 Å². The average Bonchev–Trinajstić information content (AvgIpc) is 3.03. The van der Waals surface area contributed by atoms with Crippen LogP contribution in [0.25, 0.3) is 5.57 Å². The molecule has 0 atom stereocenters. The summed E-state index contributed by atoms with van der Waals surface area (Å²) in [5, 5.41) is 0. The molecule has 5 heteroatoms. The first-order valence-corrected chi connectivity index (χ1v) is 11.2. The van der Waals surface area contributed by atoms with Crippen molar-refractivity contribution >= 4 is 34.8 Å². The zero-order chi connectivity index (χ0) is 21.8. The summed E-state index contributed by atoms with van der Waals surface area (Å²) < 4.78 is 5.89. The first kappa shape index (κ1) is 20.9. The van der Waals surface area contributed by atoms with Gasteiger partial charge in [0.05, 0.1) is 22.3 Å². The van der Waals surface area contributed by atoms with E-state index in [1.807, 2.05) is 80.6 Å². The van der Waals surface area contributed by atoms with Gasteiger partial charge in [0, 0.05) is 5.75 Å². The fourth-order valence-electron chi connectivity index (χ4n) is 3.45. The van der Waals surface area contributed by atoms with E-state index in [4.69, 9.17) is 4.74 Å². The molecule has 0 saturated carbocycles. The molecule has 0 bridgehead atoms. The second-order valence-corrected chi connectivity index (χ2v) is 8.41. The molecule has 0 fully saturated rings. The van der Waals surface area contributed by atoms with Gasteiger partial charge in [-0.2, -0.15) is 0 Å². The standard InChI is InChI=1S/C26H23NO3S/c1-18(2)30-22-16-10-9-15-21(22)27-25(28)23(20-13-7-4-8-14-20)24(26(27)29)31-17-19-11-5-3-6-12-19/h3-16,18H,17H2,1-2H3. The van der Waals surface area contributed by atoms with E-state index in [2.05, 4.69) is 0 Å². The van der Waals surface area contributed by atoms with Crippen molar-refractivity contribution in [3.63, 3.8) is 0 Å². The number of amides is 2. The lowest BCUT2D eigenvalue weighted by molar-refractivity contribution is -0.119. The Morgan fingerprint density at radius 1 is 0.806 bits per heavy atom. The van der Waals surface area contributed by atoms with E-state index < -0.39 is 0 Å². The monoisotopic (exact) mass is 429 g/mol. The Kier molecular flexibility index (Phi) is 6.23. The van der Waals surface area contributed by atoms with Crippen molar-refractivity contribution in [1.82, 2.24) is 0 Å². The maximum Gasteiger partial charge on any atom is 0.272 e. The number of para-hydroxylation sites is 2. The summed E-state index contributed by atoms with van der Waals surface area (Å²) in [5.41, 5.74) is 2.73. The van der Waals surface area contributed by atoms with Crippen molar-refractivity contribution in [2.24, 2.45) is 0 Å². The van der Waals surface area contributed by atoms with Gasteiger partial charge >= 0.3 is 0 Å². The lowest BCUT2D eigenvalue weighted by Crippen LogP contribution is -2.32. The molecular weight excluding hydrogens is 406 g/mol. The Morgan fingerprint density at radius 3 is 2.10 bits per heavy atom. The molecule has 3 aromatic carbocycles. The number of hydrogen-bond donors (Lipinski definition) is 0. The number of ether oxygens (including phenoxy) is 1. The number of hydrogen-bond acceptors (Lipinski definition) is 4. The van der Waals surface area contributed by atoms with Gasteiger partial charge in [0.25, 0.3) is 11.8 Å². The molecule has 1 aliphatic heterocycles. The minimum Gasteiger partial charge on any atom is -0.489 e. The van der Waals surface area contributed by atoms with Crippen LogP contribution in [-0.2, 0) is 15.3 Å². The van der Waals surface area contributed by atoms with Crippen LogP contribution in [0.15, 0.2) is 89.8 Å². The fourth-order valence-corrected chi connectivity index (χ4v) is 4.51. The molecule has 0 N–H and O–H groups in total. The van der Waals surface area contributed by atoms with E-state index >= 15 is 0 Å². The van der Waals surface area contributed by atoms with Crippen LogP contribution in [0.4, 0.5) is 5.69 Å². The number of anilines is 1. The number of rotatable bonds is 7. The van der Waals surface area contributed by atoms with Crippen molar-refractivity contribution in [2.45, 2.75) is 25.7 Å². The van der Waals surface area contributed by atoms with Gasteiger partial charge in [-0.1, -0.05) is 72.8 Å². The van der Waals surface area contributed by atoms with Crippen LogP contribution in [0, 0.1) is 0 Å². The number of imide groups is 1. The SMILES string of the molecule is CC(C)Oc1ccccc1N1C(=O)C(SCc2ccccc2)=C(c2ccccc2)C1=O. The fraction of sp³-hybridized carbons (Fsp3) is 0.154. The molecule has 0 aliphatic carbocycles. The van der Waals surface area contributed by atoms with Crippen LogP contribution < -0.4 is 9.64 Å². The van der Waals surface area contributed by atoms with Gasteiger partial charge in [0.2, 0.25) is 0 Å². The Labute approximate surface area is 186 Å². The van der Waals surface area contributed by atoms with Gasteiger partial charge in [-0.25, -0.2) is 4.90 Å². The Morgan fingerprint density at radius 2 is 1.42 bits per heavy atom. The van der Waals surface area contributed by atoms with Crippen molar-refractivity contribution in [3.8, 4) is 5.75 Å². The molecule has 1 heterocycles. The second-order valence-electron chi connectivity index (χ2n) is 7.42. The highest BCUT2D eigenvalue weighted by Gasteiger charge is 2.41. The molecule has 4 rings (SSSR count). The lowest BCUT2D eigenvalue weighted by atomic mass is 10.1. The molecule has 0 radical (unpaired) electrons. The molecule has 4 nitrogen and oxygen atoms in total. The number of nitrogens with zero attached hydrogens (tertiary/aromatic N) is 1. The zero-order valence-corrected chi connectivity index (χ0v) is 18.3. The molecular formula is C26H23NO3S. The normalized spacial score (nSPS) is 14.0. The van der Waals surface area contributed by atoms with Crippen LogP contribution in [-0.4, -0.2) is 17.9 Å². The molecule has 0 unspecified atom stereocenters. The predicted octanol–water partition coefficient (Wildman–Crippen LogP) is 5.69. The van der Waals surface area contributed by atoms with Gasteiger partial charge in [-0.3, -0.25) is 9.59 Å². The highest BCUT2D eigenvalue weighted by atomic mass is 32.2. The summed E-state index contributed by atoms with van der Waals surface area (Å²) in [6.45, 7) is 3.83. The second kappa shape index (κ2) is 9.23. The van der Waals surface area contributed by atoms with Crippen LogP contribution in [0.1, 0.15) is 25.0 Å². The molecule has 0 spiro atoms. The van der Waals surface area contributed by atoms with Gasteiger partial charge in [-0.05, 0) is 37.1 Å². The highest BCUT2D eigenvalue weighted by molar-refractivity contribution is 8.03. The lowest BCUT2D eigenvalue weighted by Gasteiger charge is -2.20. The molecule has 1 aliphatic rings. The zero-order valence-electron chi connectivity index (χ0n) is 17.4. The van der Waals surface area contributed by atoms with E-state index in [0.717, 1.165) is 11.1 Å². The van der Waals surface area contributed by atoms with Gasteiger partial charge < -0.3 is 4.74 Å². The van der Waals surface area contributed by atoms with Crippen LogP contribution >= 0.6 is 11.8 Å². The van der Waals surface area contributed by atoms with E-state index in [-0.39, 0.29) is 17.9 Å². The van der Waals surface area contributed by atoms with Crippen LogP contribution in [0.5, 0.6) is 5.75 Å². The van der Waals surface area contributed by atoms with Crippen molar-refractivity contribution in [1.29, 1.82) is 0 Å². The first-order chi connectivity index (χ1) is 15.1. The van der Waals surface area contributed by atoms with Crippen molar-refractivity contribution in [2.75, 3.05) is 4.90 Å². The van der Waals surface area contributed by atoms with E-state index in [1.54, 1.807) is 18.2 Å². The van der Waals surface area contributed by atoms with Crippen molar-refractivity contribution in [3.05, 3.63) is 101 Å². The number of benzene rings is 3. The predicted molar refractivity (Wildman–Crippen MR) is 126 cm³/mol. The third kappa shape index (κ3) is 4.42. The number of carbonyl (C=O) groups excluding carboxylic acids is 2. The molecule has 0 saturated heterocycles. The molecule has 156 valence electrons. The largest absolute Gasteiger partial charge is 0.489 e. The average molecular weight is 430 g/mol. The quantitative estimate of drug-likeness (QED) is 0.453. The summed E-state index contributed by atoms with van der Waals surface area (Å²) in [5.74, 6) is 0.473. The number of carbonyl (C=O) groups is 2. The Balaban J connectivity index is 1.74. The molecule has 3 aromatic rings. The van der Waals surface area contributed by atoms with E-state index in [9.17, 15) is 9.59 Å². The summed E-state index contributed by atoms with van der Waals surface area (Å²) in [4.78, 5) is 28.8. The van der Waals surface area contributed by atoms with E-state index in [1.165, 1.54) is 16.7 Å². The smallest absolute Gasteiger partial charge is 0.272 e. The summed E-state index contributed by atoms with van der Waals surface area (Å²) >= 11 is 1.40.